The number of nitrogens with zero attached hydrogens (tertiary/aromatic N) is 1. The molecule has 0 spiro atoms. The quantitative estimate of drug-likeness (QED) is 0.769. The maximum Gasteiger partial charge on any atom is 0.263 e. The average molecular weight is 353 g/mol. The first kappa shape index (κ1) is 16.5. The lowest BCUT2D eigenvalue weighted by molar-refractivity contribution is 0.0654. The van der Waals surface area contributed by atoms with Gasteiger partial charge in [0.15, 0.2) is 5.78 Å². The summed E-state index contributed by atoms with van der Waals surface area (Å²) < 4.78 is 0. The van der Waals surface area contributed by atoms with Crippen LogP contribution in [-0.2, 0) is 12.8 Å². The SMILES string of the molecule is O=C(c1ccccc1)C1CCN(C(=O)c2cc3c(s2)CCCC3)CC1. The number of ketones is 1. The Morgan fingerprint density at radius 2 is 1.72 bits per heavy atom. The number of piperidine rings is 1. The minimum atomic E-state index is 0.0444. The molecular weight excluding hydrogens is 330 g/mol. The average Bonchev–Trinajstić information content (AvgIpc) is 3.12. The Labute approximate surface area is 152 Å². The first-order valence-corrected chi connectivity index (χ1v) is 10.0. The van der Waals surface area contributed by atoms with Crippen molar-refractivity contribution in [3.63, 3.8) is 0 Å². The number of Topliss-reactive ketones (excluding diaryl/α,β-unsaturated/α-hetero) is 1. The molecule has 1 aliphatic heterocycles. The second-order valence-electron chi connectivity index (χ2n) is 7.06. The topological polar surface area (TPSA) is 37.4 Å². The molecule has 1 aromatic carbocycles. The lowest BCUT2D eigenvalue weighted by Gasteiger charge is -2.31. The van der Waals surface area contributed by atoms with Crippen LogP contribution in [0.1, 0.15) is 56.2 Å². The van der Waals surface area contributed by atoms with Crippen molar-refractivity contribution in [2.24, 2.45) is 5.92 Å². The lowest BCUT2D eigenvalue weighted by Crippen LogP contribution is -2.40. The Hall–Kier alpha value is -1.94. The molecule has 4 heteroatoms. The fourth-order valence-electron chi connectivity index (χ4n) is 3.93. The van der Waals surface area contributed by atoms with E-state index in [9.17, 15) is 9.59 Å². The molecule has 2 aromatic rings. The molecule has 0 radical (unpaired) electrons. The Morgan fingerprint density at radius 1 is 1.00 bits per heavy atom. The van der Waals surface area contributed by atoms with Gasteiger partial charge in [0.1, 0.15) is 0 Å². The van der Waals surface area contributed by atoms with Crippen molar-refractivity contribution in [1.82, 2.24) is 4.90 Å². The largest absolute Gasteiger partial charge is 0.338 e. The second kappa shape index (κ2) is 7.12. The Bertz CT molecular complexity index is 749. The highest BCUT2D eigenvalue weighted by atomic mass is 32.1. The van der Waals surface area contributed by atoms with Gasteiger partial charge in [0.2, 0.25) is 0 Å². The number of amides is 1. The Balaban J connectivity index is 1.39. The number of carbonyl (C=O) groups excluding carboxylic acids is 2. The standard InChI is InChI=1S/C21H23NO2S/c23-20(15-6-2-1-3-7-15)16-10-12-22(13-11-16)21(24)19-14-17-8-4-5-9-18(17)25-19/h1-3,6-7,14,16H,4-5,8-13H2. The van der Waals surface area contributed by atoms with E-state index in [1.165, 1.54) is 23.3 Å². The van der Waals surface area contributed by atoms with Crippen LogP contribution in [0.15, 0.2) is 36.4 Å². The van der Waals surface area contributed by atoms with Gasteiger partial charge < -0.3 is 4.90 Å². The minimum Gasteiger partial charge on any atom is -0.338 e. The summed E-state index contributed by atoms with van der Waals surface area (Å²) in [7, 11) is 0. The number of hydrogen-bond acceptors (Lipinski definition) is 3. The van der Waals surface area contributed by atoms with E-state index in [4.69, 9.17) is 0 Å². The molecule has 0 unspecified atom stereocenters. The molecular formula is C21H23NO2S. The zero-order valence-electron chi connectivity index (χ0n) is 14.4. The highest BCUT2D eigenvalue weighted by Crippen LogP contribution is 2.31. The maximum absolute atomic E-state index is 12.8. The van der Waals surface area contributed by atoms with Crippen LogP contribution in [0.5, 0.6) is 0 Å². The summed E-state index contributed by atoms with van der Waals surface area (Å²) in [4.78, 5) is 29.6. The monoisotopic (exact) mass is 353 g/mol. The van der Waals surface area contributed by atoms with Crippen molar-refractivity contribution < 1.29 is 9.59 Å². The van der Waals surface area contributed by atoms with E-state index in [2.05, 4.69) is 6.07 Å². The summed E-state index contributed by atoms with van der Waals surface area (Å²) in [5.74, 6) is 0.423. The Kier molecular flexibility index (Phi) is 4.71. The molecule has 3 nitrogen and oxygen atoms in total. The van der Waals surface area contributed by atoms with Crippen molar-refractivity contribution >= 4 is 23.0 Å². The molecule has 130 valence electrons. The maximum atomic E-state index is 12.8. The predicted molar refractivity (Wildman–Crippen MR) is 100 cm³/mol. The summed E-state index contributed by atoms with van der Waals surface area (Å²) in [6.45, 7) is 1.37. The number of fused-ring (bicyclic) bond motifs is 1. The summed E-state index contributed by atoms with van der Waals surface area (Å²) >= 11 is 1.68. The zero-order valence-corrected chi connectivity index (χ0v) is 15.2. The van der Waals surface area contributed by atoms with Gasteiger partial charge >= 0.3 is 0 Å². The minimum absolute atomic E-state index is 0.0444. The highest BCUT2D eigenvalue weighted by molar-refractivity contribution is 7.14. The number of benzene rings is 1. The molecule has 0 bridgehead atoms. The summed E-state index contributed by atoms with van der Waals surface area (Å²) in [6.07, 6.45) is 6.27. The molecule has 2 heterocycles. The van der Waals surface area contributed by atoms with Gasteiger partial charge in [-0.1, -0.05) is 30.3 Å². The Morgan fingerprint density at radius 3 is 2.44 bits per heavy atom. The van der Waals surface area contributed by atoms with Gasteiger partial charge in [0, 0.05) is 29.4 Å². The van der Waals surface area contributed by atoms with E-state index < -0.39 is 0 Å². The number of aryl methyl sites for hydroxylation is 2. The molecule has 2 aliphatic rings. The van der Waals surface area contributed by atoms with Gasteiger partial charge in [-0.15, -0.1) is 11.3 Å². The highest BCUT2D eigenvalue weighted by Gasteiger charge is 2.29. The first-order chi connectivity index (χ1) is 12.2. The van der Waals surface area contributed by atoms with E-state index in [-0.39, 0.29) is 17.6 Å². The summed E-state index contributed by atoms with van der Waals surface area (Å²) in [5.41, 5.74) is 2.17. The summed E-state index contributed by atoms with van der Waals surface area (Å²) in [6, 6.07) is 11.6. The van der Waals surface area contributed by atoms with E-state index in [0.29, 0.717) is 13.1 Å². The normalized spacial score (nSPS) is 18.0. The number of carbonyl (C=O) groups is 2. The molecule has 4 rings (SSSR count). The molecule has 1 amide bonds. The molecule has 1 aromatic heterocycles. The van der Waals surface area contributed by atoms with Crippen molar-refractivity contribution in [1.29, 1.82) is 0 Å². The van der Waals surface area contributed by atoms with E-state index >= 15 is 0 Å². The van der Waals surface area contributed by atoms with Crippen LogP contribution >= 0.6 is 11.3 Å². The fraction of sp³-hybridized carbons (Fsp3) is 0.429. The van der Waals surface area contributed by atoms with Gasteiger partial charge in [-0.25, -0.2) is 0 Å². The van der Waals surface area contributed by atoms with Crippen molar-refractivity contribution in [2.45, 2.75) is 38.5 Å². The molecule has 0 saturated carbocycles. The molecule has 1 fully saturated rings. The zero-order chi connectivity index (χ0) is 17.2. The second-order valence-corrected chi connectivity index (χ2v) is 8.20. The molecule has 1 aliphatic carbocycles. The van der Waals surface area contributed by atoms with Gasteiger partial charge in [-0.2, -0.15) is 0 Å². The molecule has 25 heavy (non-hydrogen) atoms. The number of rotatable bonds is 3. The van der Waals surface area contributed by atoms with Gasteiger partial charge in [0.25, 0.3) is 5.91 Å². The molecule has 1 saturated heterocycles. The third kappa shape index (κ3) is 3.40. The van der Waals surface area contributed by atoms with Crippen LogP contribution in [-0.4, -0.2) is 29.7 Å². The van der Waals surface area contributed by atoms with Crippen molar-refractivity contribution in [2.75, 3.05) is 13.1 Å². The molecule has 0 atom stereocenters. The van der Waals surface area contributed by atoms with Gasteiger partial charge in [-0.05, 0) is 50.2 Å². The number of hydrogen-bond donors (Lipinski definition) is 0. The van der Waals surface area contributed by atoms with E-state index in [1.54, 1.807) is 11.3 Å². The van der Waals surface area contributed by atoms with Crippen LogP contribution in [0, 0.1) is 5.92 Å². The van der Waals surface area contributed by atoms with Gasteiger partial charge in [0.05, 0.1) is 4.88 Å². The summed E-state index contributed by atoms with van der Waals surface area (Å²) in [5, 5.41) is 0. The smallest absolute Gasteiger partial charge is 0.263 e. The van der Waals surface area contributed by atoms with Crippen LogP contribution in [0.25, 0.3) is 0 Å². The third-order valence-corrected chi connectivity index (χ3v) is 6.64. The van der Waals surface area contributed by atoms with Crippen LogP contribution in [0.3, 0.4) is 0 Å². The van der Waals surface area contributed by atoms with Crippen molar-refractivity contribution in [3.05, 3.63) is 57.3 Å². The van der Waals surface area contributed by atoms with E-state index in [0.717, 1.165) is 36.1 Å². The van der Waals surface area contributed by atoms with Gasteiger partial charge in [-0.3, -0.25) is 9.59 Å². The van der Waals surface area contributed by atoms with Crippen molar-refractivity contribution in [3.8, 4) is 0 Å². The predicted octanol–water partition coefficient (Wildman–Crippen LogP) is 4.36. The van der Waals surface area contributed by atoms with Crippen LogP contribution in [0.4, 0.5) is 0 Å². The molecule has 0 N–H and O–H groups in total. The van der Waals surface area contributed by atoms with Crippen LogP contribution < -0.4 is 0 Å². The first-order valence-electron chi connectivity index (χ1n) is 9.22. The third-order valence-electron chi connectivity index (χ3n) is 5.42. The van der Waals surface area contributed by atoms with Crippen LogP contribution in [0.2, 0.25) is 0 Å². The lowest BCUT2D eigenvalue weighted by atomic mass is 9.89. The van der Waals surface area contributed by atoms with E-state index in [1.807, 2.05) is 35.2 Å². The number of likely N-dealkylation sites (tertiary alicyclic amines) is 1. The number of thiophene rings is 1. The fourth-order valence-corrected chi connectivity index (χ4v) is 5.16.